The average molecular weight is 251 g/mol. The van der Waals surface area contributed by atoms with E-state index in [1.54, 1.807) is 0 Å². The second-order valence-corrected chi connectivity index (χ2v) is 3.98. The minimum absolute atomic E-state index is 0.551. The second kappa shape index (κ2) is 5.71. The van der Waals surface area contributed by atoms with E-state index in [4.69, 9.17) is 14.9 Å². The topological polar surface area (TPSA) is 139 Å². The average Bonchev–Trinajstić information content (AvgIpc) is 2.29. The van der Waals surface area contributed by atoms with Crippen molar-refractivity contribution in [3.05, 3.63) is 0 Å². The Balaban J connectivity index is 2.68. The van der Waals surface area contributed by atoms with Crippen molar-refractivity contribution in [3.63, 3.8) is 0 Å². The maximum Gasteiger partial charge on any atom is 0.320 e. The smallest absolute Gasteiger partial charge is 0.320 e. The maximum atomic E-state index is 10.6. The number of aliphatic hydroxyl groups is 4. The van der Waals surface area contributed by atoms with Crippen LogP contribution in [0.2, 0.25) is 0 Å². The van der Waals surface area contributed by atoms with Gasteiger partial charge in [-0.2, -0.15) is 0 Å². The van der Waals surface area contributed by atoms with Crippen LogP contribution in [0.3, 0.4) is 0 Å². The lowest BCUT2D eigenvalue weighted by atomic mass is 9.98. The van der Waals surface area contributed by atoms with Gasteiger partial charge in [0.05, 0.1) is 6.61 Å². The molecule has 6 atom stereocenters. The van der Waals surface area contributed by atoms with Crippen molar-refractivity contribution in [2.45, 2.75) is 43.6 Å². The summed E-state index contributed by atoms with van der Waals surface area (Å²) in [6, 6.07) is -1.00. The normalized spacial score (nSPS) is 39.9. The molecule has 0 spiro atoms. The Morgan fingerprint density at radius 2 is 1.88 bits per heavy atom. The Kier molecular flexibility index (Phi) is 4.80. The molecule has 1 aliphatic heterocycles. The first-order chi connectivity index (χ1) is 7.88. The SMILES string of the molecule is C[C@H](NC1O[C@H](CO)[C@@H](O)[C@H](O)[C@H]1O)C(=O)O. The quantitative estimate of drug-likeness (QED) is 0.308. The lowest BCUT2D eigenvalue weighted by Crippen LogP contribution is -2.64. The Hall–Kier alpha value is -0.770. The predicted molar refractivity (Wildman–Crippen MR) is 54.0 cm³/mol. The van der Waals surface area contributed by atoms with Gasteiger partial charge in [0.1, 0.15) is 36.7 Å². The van der Waals surface area contributed by atoms with E-state index >= 15 is 0 Å². The molecule has 1 rings (SSSR count). The van der Waals surface area contributed by atoms with Crippen LogP contribution in [0.5, 0.6) is 0 Å². The van der Waals surface area contributed by atoms with Crippen molar-refractivity contribution in [2.75, 3.05) is 6.61 Å². The minimum atomic E-state index is -1.51. The van der Waals surface area contributed by atoms with Crippen molar-refractivity contribution in [2.24, 2.45) is 0 Å². The highest BCUT2D eigenvalue weighted by atomic mass is 16.6. The van der Waals surface area contributed by atoms with E-state index in [9.17, 15) is 20.1 Å². The Morgan fingerprint density at radius 1 is 1.29 bits per heavy atom. The van der Waals surface area contributed by atoms with Crippen molar-refractivity contribution < 1.29 is 35.1 Å². The molecule has 0 saturated carbocycles. The van der Waals surface area contributed by atoms with Gasteiger partial charge >= 0.3 is 5.97 Å². The van der Waals surface area contributed by atoms with Crippen LogP contribution in [0, 0.1) is 0 Å². The molecule has 0 aromatic rings. The number of carbonyl (C=O) groups is 1. The summed E-state index contributed by atoms with van der Waals surface area (Å²) in [6.45, 7) is 0.786. The molecule has 1 heterocycles. The molecule has 0 radical (unpaired) electrons. The molecule has 100 valence electrons. The molecule has 8 heteroatoms. The van der Waals surface area contributed by atoms with Gasteiger partial charge in [0, 0.05) is 0 Å². The van der Waals surface area contributed by atoms with Gasteiger partial charge < -0.3 is 30.3 Å². The highest BCUT2D eigenvalue weighted by Crippen LogP contribution is 2.19. The van der Waals surface area contributed by atoms with Crippen LogP contribution in [0.4, 0.5) is 0 Å². The first-order valence-corrected chi connectivity index (χ1v) is 5.17. The zero-order chi connectivity index (χ0) is 13.2. The standard InChI is InChI=1S/C9H17NO7/c1-3(9(15)16)10-8-7(14)6(13)5(12)4(2-11)17-8/h3-8,10-14H,2H2,1H3,(H,15,16)/t3-,4+,5+,6-,7+,8?/m0/s1. The van der Waals surface area contributed by atoms with Gasteiger partial charge in [-0.25, -0.2) is 0 Å². The number of aliphatic carboxylic acids is 1. The number of carboxylic acid groups (broad SMARTS) is 1. The number of hydrogen-bond donors (Lipinski definition) is 6. The van der Waals surface area contributed by atoms with E-state index in [0.29, 0.717) is 0 Å². The van der Waals surface area contributed by atoms with Gasteiger partial charge in [0.2, 0.25) is 0 Å². The molecule has 0 bridgehead atoms. The van der Waals surface area contributed by atoms with Crippen LogP contribution < -0.4 is 5.32 Å². The fourth-order valence-corrected chi connectivity index (χ4v) is 1.56. The molecule has 1 saturated heterocycles. The Bertz CT molecular complexity index is 272. The van der Waals surface area contributed by atoms with Gasteiger partial charge in [0.15, 0.2) is 0 Å². The van der Waals surface area contributed by atoms with E-state index in [0.717, 1.165) is 0 Å². The number of nitrogens with one attached hydrogen (secondary N) is 1. The Labute approximate surface area is 97.4 Å². The second-order valence-electron chi connectivity index (χ2n) is 3.98. The van der Waals surface area contributed by atoms with Crippen molar-refractivity contribution in [1.82, 2.24) is 5.32 Å². The van der Waals surface area contributed by atoms with E-state index in [-0.39, 0.29) is 0 Å². The summed E-state index contributed by atoms with van der Waals surface area (Å²) in [6.07, 6.45) is -6.66. The molecule has 17 heavy (non-hydrogen) atoms. The lowest BCUT2D eigenvalue weighted by molar-refractivity contribution is -0.238. The molecule has 1 fully saturated rings. The van der Waals surface area contributed by atoms with Gasteiger partial charge in [-0.05, 0) is 6.92 Å². The number of ether oxygens (including phenoxy) is 1. The summed E-state index contributed by atoms with van der Waals surface area (Å²) < 4.78 is 5.07. The summed E-state index contributed by atoms with van der Waals surface area (Å²) in [5.41, 5.74) is 0. The molecule has 0 amide bonds. The summed E-state index contributed by atoms with van der Waals surface area (Å²) in [7, 11) is 0. The third-order valence-electron chi connectivity index (χ3n) is 2.68. The predicted octanol–water partition coefficient (Wildman–Crippen LogP) is -3.15. The molecule has 8 nitrogen and oxygen atoms in total. The summed E-state index contributed by atoms with van der Waals surface area (Å²) >= 11 is 0. The highest BCUT2D eigenvalue weighted by molar-refractivity contribution is 5.72. The highest BCUT2D eigenvalue weighted by Gasteiger charge is 2.43. The minimum Gasteiger partial charge on any atom is -0.480 e. The van der Waals surface area contributed by atoms with Crippen LogP contribution in [0.25, 0.3) is 0 Å². The Morgan fingerprint density at radius 3 is 2.35 bits per heavy atom. The van der Waals surface area contributed by atoms with Gasteiger partial charge in [-0.1, -0.05) is 0 Å². The monoisotopic (exact) mass is 251 g/mol. The molecular formula is C9H17NO7. The van der Waals surface area contributed by atoms with Gasteiger partial charge in [-0.3, -0.25) is 10.1 Å². The number of rotatable bonds is 4. The first kappa shape index (κ1) is 14.3. The first-order valence-electron chi connectivity index (χ1n) is 5.17. The summed E-state index contributed by atoms with van der Waals surface area (Å²) in [4.78, 5) is 10.6. The van der Waals surface area contributed by atoms with E-state index < -0.39 is 49.3 Å². The zero-order valence-electron chi connectivity index (χ0n) is 9.22. The molecule has 1 unspecified atom stereocenters. The van der Waals surface area contributed by atoms with Crippen LogP contribution in [-0.2, 0) is 9.53 Å². The maximum absolute atomic E-state index is 10.6. The van der Waals surface area contributed by atoms with Crippen LogP contribution in [0.15, 0.2) is 0 Å². The third kappa shape index (κ3) is 3.12. The third-order valence-corrected chi connectivity index (χ3v) is 2.68. The van der Waals surface area contributed by atoms with E-state index in [2.05, 4.69) is 5.32 Å². The van der Waals surface area contributed by atoms with Crippen LogP contribution >= 0.6 is 0 Å². The van der Waals surface area contributed by atoms with Crippen LogP contribution in [0.1, 0.15) is 6.92 Å². The summed E-state index contributed by atoms with van der Waals surface area (Å²) in [5, 5.41) is 48.5. The molecule has 0 aromatic carbocycles. The molecule has 0 aliphatic carbocycles. The van der Waals surface area contributed by atoms with E-state index in [1.807, 2.05) is 0 Å². The fraction of sp³-hybridized carbons (Fsp3) is 0.889. The largest absolute Gasteiger partial charge is 0.480 e. The molecule has 0 aromatic heterocycles. The van der Waals surface area contributed by atoms with Crippen molar-refractivity contribution in [3.8, 4) is 0 Å². The summed E-state index contributed by atoms with van der Waals surface area (Å²) in [5.74, 6) is -1.15. The number of carboxylic acids is 1. The zero-order valence-corrected chi connectivity index (χ0v) is 9.22. The molecule has 6 N–H and O–H groups in total. The lowest BCUT2D eigenvalue weighted by Gasteiger charge is -2.40. The molecular weight excluding hydrogens is 234 g/mol. The van der Waals surface area contributed by atoms with Crippen molar-refractivity contribution >= 4 is 5.97 Å². The van der Waals surface area contributed by atoms with Gasteiger partial charge in [0.25, 0.3) is 0 Å². The van der Waals surface area contributed by atoms with Crippen LogP contribution in [-0.4, -0.2) is 74.8 Å². The molecule has 1 aliphatic rings. The fourth-order valence-electron chi connectivity index (χ4n) is 1.56. The number of aliphatic hydroxyl groups excluding tert-OH is 4. The van der Waals surface area contributed by atoms with E-state index in [1.165, 1.54) is 6.92 Å². The van der Waals surface area contributed by atoms with Gasteiger partial charge in [-0.15, -0.1) is 0 Å². The van der Waals surface area contributed by atoms with Crippen molar-refractivity contribution in [1.29, 1.82) is 0 Å². The number of hydrogen-bond acceptors (Lipinski definition) is 7.